The average Bonchev–Trinajstić information content (AvgIpc) is 3.06. The molecule has 3 aromatic rings. The lowest BCUT2D eigenvalue weighted by molar-refractivity contribution is -0.136. The molecular weight excluding hydrogens is 408 g/mol. The number of carbonyl (C=O) groups excluding carboxylic acids is 2. The summed E-state index contributed by atoms with van der Waals surface area (Å²) < 4.78 is 12.6. The molecule has 32 heavy (non-hydrogen) atoms. The second-order valence-electron chi connectivity index (χ2n) is 7.22. The van der Waals surface area contributed by atoms with E-state index < -0.39 is 11.8 Å². The van der Waals surface area contributed by atoms with Gasteiger partial charge in [0.05, 0.1) is 26.1 Å². The van der Waals surface area contributed by atoms with Crippen molar-refractivity contribution in [1.29, 1.82) is 0 Å². The molecule has 0 aliphatic heterocycles. The molecule has 0 bridgehead atoms. The van der Waals surface area contributed by atoms with Crippen molar-refractivity contribution in [3.05, 3.63) is 71.0 Å². The second-order valence-corrected chi connectivity index (χ2v) is 7.22. The zero-order chi connectivity index (χ0) is 23.3. The zero-order valence-electron chi connectivity index (χ0n) is 18.7. The summed E-state index contributed by atoms with van der Waals surface area (Å²) in [7, 11) is 3.19. The quantitative estimate of drug-likeness (QED) is 0.353. The van der Waals surface area contributed by atoms with Gasteiger partial charge >= 0.3 is 11.8 Å². The minimum Gasteiger partial charge on any atom is -0.497 e. The first-order valence-electron chi connectivity index (χ1n) is 9.96. The van der Waals surface area contributed by atoms with Crippen molar-refractivity contribution in [2.75, 3.05) is 19.5 Å². The first-order valence-corrected chi connectivity index (χ1v) is 9.96. The topological polar surface area (TPSA) is 94.0 Å². The first-order chi connectivity index (χ1) is 15.3. The molecule has 0 fully saturated rings. The number of benzene rings is 2. The highest BCUT2D eigenvalue weighted by atomic mass is 16.5. The van der Waals surface area contributed by atoms with E-state index in [1.54, 1.807) is 38.5 Å². The van der Waals surface area contributed by atoms with Crippen LogP contribution in [-0.2, 0) is 9.59 Å². The van der Waals surface area contributed by atoms with Gasteiger partial charge in [-0.2, -0.15) is 5.10 Å². The number of nitrogens with one attached hydrogen (secondary N) is 2. The number of methoxy groups -OCH3 is 2. The van der Waals surface area contributed by atoms with Crippen molar-refractivity contribution in [2.45, 2.75) is 20.8 Å². The molecule has 2 amide bonds. The molecule has 2 N–H and O–H groups in total. The molecule has 8 nitrogen and oxygen atoms in total. The summed E-state index contributed by atoms with van der Waals surface area (Å²) in [6.07, 6.45) is 1.51. The third kappa shape index (κ3) is 4.97. The van der Waals surface area contributed by atoms with Gasteiger partial charge in [-0.3, -0.25) is 9.59 Å². The maximum atomic E-state index is 12.1. The molecule has 8 heteroatoms. The molecule has 0 spiro atoms. The van der Waals surface area contributed by atoms with Crippen LogP contribution in [-0.4, -0.2) is 36.8 Å². The number of amides is 2. The Morgan fingerprint density at radius 3 is 2.31 bits per heavy atom. The number of hydrogen-bond acceptors (Lipinski definition) is 5. The molecule has 1 aromatic heterocycles. The van der Waals surface area contributed by atoms with E-state index in [0.717, 1.165) is 34.0 Å². The van der Waals surface area contributed by atoms with Gasteiger partial charge in [0.25, 0.3) is 0 Å². The summed E-state index contributed by atoms with van der Waals surface area (Å²) in [5.41, 5.74) is 7.48. The second kappa shape index (κ2) is 9.82. The normalized spacial score (nSPS) is 10.8. The van der Waals surface area contributed by atoms with Crippen LogP contribution >= 0.6 is 0 Å². The number of anilines is 1. The molecule has 3 rings (SSSR count). The third-order valence-electron chi connectivity index (χ3n) is 4.97. The standard InChI is InChI=1S/C24H26N4O4/c1-15-6-11-22(32-5)21(12-15)28-16(2)13-18(17(28)3)14-25-27-24(30)23(29)26-19-7-9-20(31-4)10-8-19/h6-14H,1-5H3,(H,26,29)(H,27,30)/b25-14+. The number of aromatic nitrogens is 1. The van der Waals surface area contributed by atoms with Gasteiger partial charge in [-0.05, 0) is 68.8 Å². The smallest absolute Gasteiger partial charge is 0.329 e. The molecule has 166 valence electrons. The highest BCUT2D eigenvalue weighted by molar-refractivity contribution is 6.39. The Hall–Kier alpha value is -4.07. The summed E-state index contributed by atoms with van der Waals surface area (Å²) in [5, 5.41) is 6.46. The maximum Gasteiger partial charge on any atom is 0.329 e. The van der Waals surface area contributed by atoms with Crippen LogP contribution < -0.4 is 20.2 Å². The van der Waals surface area contributed by atoms with Crippen LogP contribution in [0.2, 0.25) is 0 Å². The predicted molar refractivity (Wildman–Crippen MR) is 124 cm³/mol. The van der Waals surface area contributed by atoms with Gasteiger partial charge in [0.15, 0.2) is 0 Å². The molecule has 0 aliphatic rings. The maximum absolute atomic E-state index is 12.1. The van der Waals surface area contributed by atoms with Crippen LogP contribution in [0.5, 0.6) is 11.5 Å². The van der Waals surface area contributed by atoms with Crippen LogP contribution in [0.25, 0.3) is 5.69 Å². The minimum atomic E-state index is -0.869. The van der Waals surface area contributed by atoms with Gasteiger partial charge in [0, 0.05) is 22.6 Å². The van der Waals surface area contributed by atoms with Crippen LogP contribution in [0.3, 0.4) is 0 Å². The Balaban J connectivity index is 1.70. The van der Waals surface area contributed by atoms with Crippen molar-refractivity contribution in [2.24, 2.45) is 5.10 Å². The van der Waals surface area contributed by atoms with Gasteiger partial charge < -0.3 is 19.4 Å². The molecule has 2 aromatic carbocycles. The van der Waals surface area contributed by atoms with Crippen molar-refractivity contribution in [1.82, 2.24) is 9.99 Å². The fourth-order valence-electron chi connectivity index (χ4n) is 3.34. The largest absolute Gasteiger partial charge is 0.497 e. The van der Waals surface area contributed by atoms with Crippen LogP contribution in [0.15, 0.2) is 53.6 Å². The van der Waals surface area contributed by atoms with E-state index in [0.29, 0.717) is 11.4 Å². The van der Waals surface area contributed by atoms with Gasteiger partial charge in [0.2, 0.25) is 0 Å². The number of rotatable bonds is 6. The molecule has 0 atom stereocenters. The molecule has 0 saturated heterocycles. The lowest BCUT2D eigenvalue weighted by Gasteiger charge is -2.14. The van der Waals surface area contributed by atoms with Crippen molar-refractivity contribution in [3.63, 3.8) is 0 Å². The molecular formula is C24H26N4O4. The predicted octanol–water partition coefficient (Wildman–Crippen LogP) is 3.51. The SMILES string of the molecule is COc1ccc(NC(=O)C(=O)N/N=C/c2cc(C)n(-c3cc(C)ccc3OC)c2C)cc1. The molecule has 0 aliphatic carbocycles. The highest BCUT2D eigenvalue weighted by Crippen LogP contribution is 2.28. The Bertz CT molecular complexity index is 1160. The van der Waals surface area contributed by atoms with E-state index in [1.165, 1.54) is 6.21 Å². The minimum absolute atomic E-state index is 0.477. The highest BCUT2D eigenvalue weighted by Gasteiger charge is 2.15. The first kappa shape index (κ1) is 22.6. The van der Waals surface area contributed by atoms with E-state index in [-0.39, 0.29) is 0 Å². The summed E-state index contributed by atoms with van der Waals surface area (Å²) in [5.74, 6) is -0.282. The zero-order valence-corrected chi connectivity index (χ0v) is 18.7. The summed E-state index contributed by atoms with van der Waals surface area (Å²) in [6.45, 7) is 5.95. The van der Waals surface area contributed by atoms with Crippen molar-refractivity contribution in [3.8, 4) is 17.2 Å². The summed E-state index contributed by atoms with van der Waals surface area (Å²) in [6, 6.07) is 14.6. The number of hydrogen-bond donors (Lipinski definition) is 2. The van der Waals surface area contributed by atoms with Crippen molar-refractivity contribution < 1.29 is 19.1 Å². The third-order valence-corrected chi connectivity index (χ3v) is 4.97. The summed E-state index contributed by atoms with van der Waals surface area (Å²) in [4.78, 5) is 24.2. The summed E-state index contributed by atoms with van der Waals surface area (Å²) >= 11 is 0. The Kier molecular flexibility index (Phi) is 6.94. The van der Waals surface area contributed by atoms with Crippen LogP contribution in [0.4, 0.5) is 5.69 Å². The van der Waals surface area contributed by atoms with Gasteiger partial charge in [0.1, 0.15) is 11.5 Å². The fraction of sp³-hybridized carbons (Fsp3) is 0.208. The number of ether oxygens (including phenoxy) is 2. The van der Waals surface area contributed by atoms with E-state index >= 15 is 0 Å². The van der Waals surface area contributed by atoms with Crippen LogP contribution in [0.1, 0.15) is 22.5 Å². The van der Waals surface area contributed by atoms with E-state index in [4.69, 9.17) is 9.47 Å². The number of hydrazone groups is 1. The van der Waals surface area contributed by atoms with Crippen molar-refractivity contribution >= 4 is 23.7 Å². The average molecular weight is 434 g/mol. The molecule has 0 unspecified atom stereocenters. The molecule has 0 saturated carbocycles. The number of nitrogens with zero attached hydrogens (tertiary/aromatic N) is 2. The lowest BCUT2D eigenvalue weighted by atomic mass is 10.2. The lowest BCUT2D eigenvalue weighted by Crippen LogP contribution is -2.32. The monoisotopic (exact) mass is 434 g/mol. The van der Waals surface area contributed by atoms with E-state index in [2.05, 4.69) is 20.4 Å². The Morgan fingerprint density at radius 1 is 0.938 bits per heavy atom. The molecule has 1 heterocycles. The fourth-order valence-corrected chi connectivity index (χ4v) is 3.34. The van der Waals surface area contributed by atoms with E-state index in [9.17, 15) is 9.59 Å². The molecule has 0 radical (unpaired) electrons. The number of carbonyl (C=O) groups is 2. The number of aryl methyl sites for hydroxylation is 2. The Morgan fingerprint density at radius 2 is 1.66 bits per heavy atom. The van der Waals surface area contributed by atoms with E-state index in [1.807, 2.05) is 45.0 Å². The van der Waals surface area contributed by atoms with Crippen LogP contribution in [0, 0.1) is 20.8 Å². The van der Waals surface area contributed by atoms with Gasteiger partial charge in [-0.15, -0.1) is 0 Å². The Labute approximate surface area is 186 Å². The van der Waals surface area contributed by atoms with Gasteiger partial charge in [-0.25, -0.2) is 5.43 Å². The van der Waals surface area contributed by atoms with Gasteiger partial charge in [-0.1, -0.05) is 6.07 Å².